The van der Waals surface area contributed by atoms with Crippen LogP contribution < -0.4 is 16.1 Å². The minimum absolute atomic E-state index is 0.0487. The Labute approximate surface area is 305 Å². The molecule has 3 aliphatic rings. The third-order valence-electron chi connectivity index (χ3n) is 9.60. The largest absolute Gasteiger partial charge is 0.453 e. The van der Waals surface area contributed by atoms with E-state index in [1.54, 1.807) is 23.5 Å². The predicted molar refractivity (Wildman–Crippen MR) is 196 cm³/mol. The fraction of sp³-hybridized carbons (Fsp3) is 0.487. The molecule has 2 saturated heterocycles. The van der Waals surface area contributed by atoms with Gasteiger partial charge >= 0.3 is 12.2 Å². The molecule has 2 aliphatic heterocycles. The van der Waals surface area contributed by atoms with Gasteiger partial charge in [-0.2, -0.15) is 0 Å². The molecule has 2 heterocycles. The number of carbonyl (C=O) groups is 3. The summed E-state index contributed by atoms with van der Waals surface area (Å²) in [6.45, 7) is 9.68. The number of alkyl carbamates (subject to hydrolysis) is 2. The van der Waals surface area contributed by atoms with E-state index < -0.39 is 47.8 Å². The Morgan fingerprint density at radius 3 is 2.48 bits per heavy atom. The first kappa shape index (κ1) is 38.7. The highest BCUT2D eigenvalue weighted by Crippen LogP contribution is 2.46. The first-order valence-electron chi connectivity index (χ1n) is 17.7. The maximum absolute atomic E-state index is 13.8. The van der Waals surface area contributed by atoms with Crippen LogP contribution in [0.4, 0.5) is 9.59 Å². The number of nitrogens with one attached hydrogen (secondary N) is 3. The molecule has 52 heavy (non-hydrogen) atoms. The summed E-state index contributed by atoms with van der Waals surface area (Å²) < 4.78 is 22.6. The highest BCUT2D eigenvalue weighted by molar-refractivity contribution is 5.86. The predicted octanol–water partition coefficient (Wildman–Crippen LogP) is 4.37. The van der Waals surface area contributed by atoms with Crippen LogP contribution >= 0.6 is 0 Å². The lowest BCUT2D eigenvalue weighted by atomic mass is 9.78. The summed E-state index contributed by atoms with van der Waals surface area (Å²) in [5.74, 6) is -0.126. The number of nitrogens with zero attached hydrogens (tertiary/aromatic N) is 2. The molecule has 2 aromatic rings. The van der Waals surface area contributed by atoms with E-state index in [9.17, 15) is 19.5 Å². The van der Waals surface area contributed by atoms with E-state index in [4.69, 9.17) is 18.9 Å². The summed E-state index contributed by atoms with van der Waals surface area (Å²) in [6, 6.07) is 15.4. The molecule has 5 unspecified atom stereocenters. The smallest absolute Gasteiger partial charge is 0.407 e. The highest BCUT2D eigenvalue weighted by Gasteiger charge is 2.53. The summed E-state index contributed by atoms with van der Waals surface area (Å²) in [6.07, 6.45) is 5.16. The molecule has 0 aromatic heterocycles. The molecule has 13 heteroatoms. The van der Waals surface area contributed by atoms with Gasteiger partial charge in [-0.3, -0.25) is 15.2 Å². The van der Waals surface area contributed by atoms with Gasteiger partial charge in [0, 0.05) is 37.3 Å². The Bertz CT molecular complexity index is 1570. The van der Waals surface area contributed by atoms with E-state index in [1.807, 2.05) is 81.4 Å². The molecule has 4 N–H and O–H groups in total. The van der Waals surface area contributed by atoms with Gasteiger partial charge in [-0.1, -0.05) is 88.0 Å². The van der Waals surface area contributed by atoms with Crippen LogP contribution in [0.3, 0.4) is 0 Å². The number of fused-ring (bicyclic) bond motifs is 2. The van der Waals surface area contributed by atoms with Crippen molar-refractivity contribution < 1.29 is 38.4 Å². The fourth-order valence-electron chi connectivity index (χ4n) is 6.95. The van der Waals surface area contributed by atoms with Crippen molar-refractivity contribution in [2.75, 3.05) is 20.3 Å². The van der Waals surface area contributed by atoms with Crippen molar-refractivity contribution in [1.29, 1.82) is 0 Å². The third kappa shape index (κ3) is 10.5. The van der Waals surface area contributed by atoms with Crippen molar-refractivity contribution in [3.05, 3.63) is 90.1 Å². The van der Waals surface area contributed by atoms with E-state index in [2.05, 4.69) is 27.6 Å². The lowest BCUT2D eigenvalue weighted by Crippen LogP contribution is -2.59. The molecular formula is C39H51N5O8. The number of amides is 3. The SMILES string of the molecule is C=CC=N/C=C/c1ccc(CN(C[C@H](O)[C@H](Cc2ccccc2)NC(=O)OC2C3COC4OC2CC4C3)NC(=O)[C@@H](NC(=O)OC)C(C)(C)C)cc1. The second-order valence-corrected chi connectivity index (χ2v) is 14.6. The number of rotatable bonds is 15. The highest BCUT2D eigenvalue weighted by atomic mass is 16.7. The maximum Gasteiger partial charge on any atom is 0.407 e. The zero-order chi connectivity index (χ0) is 37.3. The number of aliphatic imine (C=N–C) groups is 1. The average Bonchev–Trinajstić information content (AvgIpc) is 3.41. The molecule has 8 atom stereocenters. The van der Waals surface area contributed by atoms with E-state index in [0.29, 0.717) is 18.9 Å². The average molecular weight is 718 g/mol. The van der Waals surface area contributed by atoms with Crippen molar-refractivity contribution in [2.24, 2.45) is 22.2 Å². The first-order valence-corrected chi connectivity index (χ1v) is 17.7. The molecule has 280 valence electrons. The van der Waals surface area contributed by atoms with Gasteiger partial charge in [0.15, 0.2) is 6.29 Å². The van der Waals surface area contributed by atoms with Crippen molar-refractivity contribution in [1.82, 2.24) is 21.1 Å². The summed E-state index contributed by atoms with van der Waals surface area (Å²) >= 11 is 0. The van der Waals surface area contributed by atoms with Gasteiger partial charge < -0.3 is 34.7 Å². The number of methoxy groups -OCH3 is 1. The Kier molecular flexibility index (Phi) is 13.2. The van der Waals surface area contributed by atoms with Crippen molar-refractivity contribution in [3.8, 4) is 0 Å². The van der Waals surface area contributed by atoms with Crippen LogP contribution in [0, 0.1) is 17.3 Å². The van der Waals surface area contributed by atoms with Gasteiger partial charge in [0.1, 0.15) is 12.1 Å². The minimum atomic E-state index is -1.17. The van der Waals surface area contributed by atoms with Crippen LogP contribution in [0.5, 0.6) is 0 Å². The lowest BCUT2D eigenvalue weighted by molar-refractivity contribution is -0.153. The van der Waals surface area contributed by atoms with E-state index in [0.717, 1.165) is 29.5 Å². The van der Waals surface area contributed by atoms with Crippen LogP contribution in [0.15, 0.2) is 78.4 Å². The Hall–Kier alpha value is -4.56. The molecule has 2 aromatic carbocycles. The fourth-order valence-corrected chi connectivity index (χ4v) is 6.95. The number of hydrogen-bond donors (Lipinski definition) is 4. The summed E-state index contributed by atoms with van der Waals surface area (Å²) in [4.78, 5) is 43.6. The molecule has 3 bridgehead atoms. The number of aliphatic hydroxyl groups excluding tert-OH is 1. The van der Waals surface area contributed by atoms with Gasteiger partial charge in [0.25, 0.3) is 5.91 Å². The zero-order valence-electron chi connectivity index (χ0n) is 30.3. The van der Waals surface area contributed by atoms with Crippen LogP contribution in [0.2, 0.25) is 0 Å². The number of ether oxygens (including phenoxy) is 4. The Morgan fingerprint density at radius 1 is 1.04 bits per heavy atom. The van der Waals surface area contributed by atoms with Crippen LogP contribution in [-0.2, 0) is 36.7 Å². The van der Waals surface area contributed by atoms with Gasteiger partial charge in [0.2, 0.25) is 0 Å². The van der Waals surface area contributed by atoms with Crippen molar-refractivity contribution >= 4 is 30.4 Å². The number of benzene rings is 2. The number of aliphatic hydroxyl groups is 1. The summed E-state index contributed by atoms with van der Waals surface area (Å²) in [5, 5.41) is 19.0. The standard InChI is InChI=1S/C39H51N5O8/c1-6-17-40-18-16-25-12-14-27(15-13-25)22-44(43-35(46)34(39(2,3)4)42-37(47)49-5)23-31(45)30(19-26-10-8-7-9-11-26)41-38(48)52-33-29-20-28-21-32(33)51-36(28)50-24-29/h6-18,28-34,36,45H,1,19-24H2,2-5H3,(H,41,48)(H,42,47)(H,43,46)/b18-16+,40-17?/t28?,29?,30-,31-,32?,33?,34+,36?/m0/s1. The van der Waals surface area contributed by atoms with Gasteiger partial charge in [-0.05, 0) is 47.4 Å². The van der Waals surface area contributed by atoms with E-state index in [-0.39, 0.29) is 31.4 Å². The zero-order valence-corrected chi connectivity index (χ0v) is 30.3. The second kappa shape index (κ2) is 17.8. The van der Waals surface area contributed by atoms with E-state index in [1.165, 1.54) is 7.11 Å². The maximum atomic E-state index is 13.8. The molecule has 1 aliphatic carbocycles. The molecule has 3 fully saturated rings. The monoisotopic (exact) mass is 717 g/mol. The lowest BCUT2D eigenvalue weighted by Gasteiger charge is -2.37. The summed E-state index contributed by atoms with van der Waals surface area (Å²) in [5.41, 5.74) is 4.88. The van der Waals surface area contributed by atoms with Gasteiger partial charge in [-0.15, -0.1) is 0 Å². The molecule has 0 radical (unpaired) electrons. The summed E-state index contributed by atoms with van der Waals surface area (Å²) in [7, 11) is 1.23. The van der Waals surface area contributed by atoms with Crippen LogP contribution in [-0.4, -0.2) is 91.4 Å². The quantitative estimate of drug-likeness (QED) is 0.155. The van der Waals surface area contributed by atoms with E-state index >= 15 is 0 Å². The number of hydrazine groups is 1. The third-order valence-corrected chi connectivity index (χ3v) is 9.60. The number of hydrogen-bond acceptors (Lipinski definition) is 10. The normalized spacial score (nSPS) is 24.0. The van der Waals surface area contributed by atoms with Crippen LogP contribution in [0.1, 0.15) is 50.3 Å². The molecule has 3 amide bonds. The Morgan fingerprint density at radius 2 is 1.79 bits per heavy atom. The Balaban J connectivity index is 1.34. The van der Waals surface area contributed by atoms with Gasteiger partial charge in [-0.25, -0.2) is 14.6 Å². The number of carbonyl (C=O) groups excluding carboxylic acids is 3. The topological polar surface area (TPSA) is 160 Å². The van der Waals surface area contributed by atoms with Crippen LogP contribution in [0.25, 0.3) is 6.08 Å². The second-order valence-electron chi connectivity index (χ2n) is 14.6. The number of allylic oxidation sites excluding steroid dienone is 1. The molecule has 1 saturated carbocycles. The van der Waals surface area contributed by atoms with Crippen molar-refractivity contribution in [2.45, 2.75) is 83.3 Å². The molecular weight excluding hydrogens is 666 g/mol. The molecule has 5 rings (SSSR count). The van der Waals surface area contributed by atoms with Crippen molar-refractivity contribution in [3.63, 3.8) is 0 Å². The first-order chi connectivity index (χ1) is 24.9. The molecule has 13 nitrogen and oxygen atoms in total. The molecule has 0 spiro atoms. The minimum Gasteiger partial charge on any atom is -0.453 e. The van der Waals surface area contributed by atoms with Gasteiger partial charge in [0.05, 0.1) is 32.0 Å².